The number of urea groups is 1. The molecule has 1 saturated heterocycles. The van der Waals surface area contributed by atoms with Gasteiger partial charge in [0.2, 0.25) is 0 Å². The van der Waals surface area contributed by atoms with Crippen LogP contribution in [0.2, 0.25) is 0 Å². The molecule has 2 aromatic carbocycles. The van der Waals surface area contributed by atoms with Crippen molar-refractivity contribution >= 4 is 29.3 Å². The number of fused-ring (bicyclic) bond motifs is 4. The SMILES string of the molecule is O=C(O)NCc1ccc(NC(=O)N2c3nc(-c4cccc(C(F)(F)F)c4)ccc3N3CCC[C@H]2C3)cc1. The summed E-state index contributed by atoms with van der Waals surface area (Å²) in [6.07, 6.45) is -3.93. The number of rotatable bonds is 4. The Morgan fingerprint density at radius 2 is 1.86 bits per heavy atom. The van der Waals surface area contributed by atoms with E-state index in [0.717, 1.165) is 42.8 Å². The van der Waals surface area contributed by atoms with Gasteiger partial charge in [-0.1, -0.05) is 24.3 Å². The summed E-state index contributed by atoms with van der Waals surface area (Å²) in [5.41, 5.74) is 1.92. The van der Waals surface area contributed by atoms with Gasteiger partial charge in [-0.3, -0.25) is 4.90 Å². The van der Waals surface area contributed by atoms with Crippen molar-refractivity contribution in [2.75, 3.05) is 28.2 Å². The first-order valence-corrected chi connectivity index (χ1v) is 11.8. The molecule has 0 spiro atoms. The van der Waals surface area contributed by atoms with E-state index in [1.165, 1.54) is 6.07 Å². The number of alkyl halides is 3. The topological polar surface area (TPSA) is 97.8 Å². The Labute approximate surface area is 210 Å². The number of halogens is 3. The molecule has 1 fully saturated rings. The van der Waals surface area contributed by atoms with E-state index in [1.807, 2.05) is 6.07 Å². The normalized spacial score (nSPS) is 16.7. The second-order valence-corrected chi connectivity index (χ2v) is 9.02. The predicted molar refractivity (Wildman–Crippen MR) is 133 cm³/mol. The zero-order valence-electron chi connectivity index (χ0n) is 19.6. The van der Waals surface area contributed by atoms with E-state index in [1.54, 1.807) is 41.3 Å². The second-order valence-electron chi connectivity index (χ2n) is 9.02. The van der Waals surface area contributed by atoms with E-state index in [9.17, 15) is 22.8 Å². The number of benzene rings is 2. The fourth-order valence-electron chi connectivity index (χ4n) is 4.77. The molecule has 192 valence electrons. The highest BCUT2D eigenvalue weighted by atomic mass is 19.4. The molecule has 0 radical (unpaired) electrons. The third-order valence-corrected chi connectivity index (χ3v) is 6.54. The number of hydrogen-bond donors (Lipinski definition) is 3. The lowest BCUT2D eigenvalue weighted by Crippen LogP contribution is -2.56. The summed E-state index contributed by atoms with van der Waals surface area (Å²) in [5.74, 6) is 0.408. The molecular formula is C26H24F3N5O3. The first-order valence-electron chi connectivity index (χ1n) is 11.8. The van der Waals surface area contributed by atoms with E-state index < -0.39 is 23.9 Å². The van der Waals surface area contributed by atoms with E-state index >= 15 is 0 Å². The number of piperidine rings is 1. The number of carboxylic acid groups (broad SMARTS) is 1. The van der Waals surface area contributed by atoms with Gasteiger partial charge in [0.25, 0.3) is 0 Å². The van der Waals surface area contributed by atoms with E-state index in [2.05, 4.69) is 20.5 Å². The molecular weight excluding hydrogens is 487 g/mol. The van der Waals surface area contributed by atoms with Crippen LogP contribution in [-0.4, -0.2) is 41.3 Å². The fraction of sp³-hybridized carbons (Fsp3) is 0.269. The summed E-state index contributed by atoms with van der Waals surface area (Å²) in [6.45, 7) is 1.60. The van der Waals surface area contributed by atoms with Crippen molar-refractivity contribution in [3.05, 3.63) is 71.8 Å². The summed E-state index contributed by atoms with van der Waals surface area (Å²) < 4.78 is 39.8. The molecule has 3 heterocycles. The van der Waals surface area contributed by atoms with Gasteiger partial charge in [0.15, 0.2) is 5.82 Å². The number of nitrogens with one attached hydrogen (secondary N) is 2. The average molecular weight is 512 g/mol. The quantitative estimate of drug-likeness (QED) is 0.426. The van der Waals surface area contributed by atoms with Crippen LogP contribution in [0.1, 0.15) is 24.0 Å². The second kappa shape index (κ2) is 9.64. The first-order chi connectivity index (χ1) is 17.7. The molecule has 5 rings (SSSR count). The zero-order valence-corrected chi connectivity index (χ0v) is 19.6. The molecule has 0 saturated carbocycles. The maximum Gasteiger partial charge on any atom is 0.416 e. The van der Waals surface area contributed by atoms with Gasteiger partial charge in [-0.15, -0.1) is 0 Å². The Morgan fingerprint density at radius 3 is 2.59 bits per heavy atom. The number of carbonyl (C=O) groups excluding carboxylic acids is 1. The number of anilines is 3. The Bertz CT molecular complexity index is 1330. The van der Waals surface area contributed by atoms with Crippen molar-refractivity contribution in [2.24, 2.45) is 0 Å². The lowest BCUT2D eigenvalue weighted by atomic mass is 9.99. The maximum atomic E-state index is 13.5. The smallest absolute Gasteiger partial charge is 0.416 e. The third kappa shape index (κ3) is 5.16. The van der Waals surface area contributed by atoms with Gasteiger partial charge in [0.1, 0.15) is 0 Å². The van der Waals surface area contributed by atoms with Gasteiger partial charge in [-0.05, 0) is 54.8 Å². The molecule has 2 bridgehead atoms. The maximum absolute atomic E-state index is 13.5. The van der Waals surface area contributed by atoms with Gasteiger partial charge < -0.3 is 20.6 Å². The molecule has 3 N–H and O–H groups in total. The standard InChI is InChI=1S/C26H24F3N5O3/c27-26(28,29)18-4-1-3-17(13-18)21-10-11-22-23(32-21)34(20-5-2-12-33(22)15-20)24(35)31-19-8-6-16(7-9-19)14-30-25(36)37/h1,3-4,6-11,13,20,30H,2,5,12,14-15H2,(H,31,35)(H,36,37)/t20-/m0/s1. The Hall–Kier alpha value is -4.28. The van der Waals surface area contributed by atoms with Gasteiger partial charge in [-0.2, -0.15) is 13.2 Å². The molecule has 8 nitrogen and oxygen atoms in total. The average Bonchev–Trinajstić information content (AvgIpc) is 2.88. The van der Waals surface area contributed by atoms with Gasteiger partial charge in [0.05, 0.1) is 23.0 Å². The summed E-state index contributed by atoms with van der Waals surface area (Å²) >= 11 is 0. The summed E-state index contributed by atoms with van der Waals surface area (Å²) in [7, 11) is 0. The van der Waals surface area contributed by atoms with Crippen LogP contribution in [0, 0.1) is 0 Å². The summed E-state index contributed by atoms with van der Waals surface area (Å²) in [4.78, 5) is 32.6. The first kappa shape index (κ1) is 24.4. The summed E-state index contributed by atoms with van der Waals surface area (Å²) in [6, 6.07) is 14.7. The van der Waals surface area contributed by atoms with Crippen molar-refractivity contribution < 1.29 is 27.9 Å². The molecule has 2 aliphatic rings. The number of amides is 3. The van der Waals surface area contributed by atoms with Crippen molar-refractivity contribution in [1.29, 1.82) is 0 Å². The largest absolute Gasteiger partial charge is 0.465 e. The Kier molecular flexibility index (Phi) is 6.36. The fourth-order valence-corrected chi connectivity index (χ4v) is 4.77. The van der Waals surface area contributed by atoms with E-state index in [4.69, 9.17) is 5.11 Å². The monoisotopic (exact) mass is 511 g/mol. The van der Waals surface area contributed by atoms with Crippen molar-refractivity contribution in [3.8, 4) is 11.3 Å². The molecule has 37 heavy (non-hydrogen) atoms. The molecule has 2 aliphatic heterocycles. The number of hydrogen-bond acceptors (Lipinski definition) is 4. The lowest BCUT2D eigenvalue weighted by Gasteiger charge is -2.45. The van der Waals surface area contributed by atoms with Crippen molar-refractivity contribution in [2.45, 2.75) is 31.6 Å². The Balaban J connectivity index is 1.44. The molecule has 0 unspecified atom stereocenters. The van der Waals surface area contributed by atoms with E-state index in [-0.39, 0.29) is 12.6 Å². The third-order valence-electron chi connectivity index (χ3n) is 6.54. The van der Waals surface area contributed by atoms with Crippen LogP contribution in [0.4, 0.5) is 40.0 Å². The molecule has 1 aromatic heterocycles. The Morgan fingerprint density at radius 1 is 1.08 bits per heavy atom. The number of nitrogens with zero attached hydrogens (tertiary/aromatic N) is 3. The van der Waals surface area contributed by atoms with Crippen LogP contribution in [0.25, 0.3) is 11.3 Å². The van der Waals surface area contributed by atoms with Gasteiger partial charge in [0, 0.05) is 30.9 Å². The number of pyridine rings is 1. The highest BCUT2D eigenvalue weighted by Gasteiger charge is 2.38. The van der Waals surface area contributed by atoms with Gasteiger partial charge in [-0.25, -0.2) is 14.6 Å². The minimum atomic E-state index is -4.47. The molecule has 3 aromatic rings. The highest BCUT2D eigenvalue weighted by molar-refractivity contribution is 6.04. The number of aromatic nitrogens is 1. The van der Waals surface area contributed by atoms with Crippen LogP contribution in [-0.2, 0) is 12.7 Å². The zero-order chi connectivity index (χ0) is 26.2. The minimum absolute atomic E-state index is 0.135. The highest BCUT2D eigenvalue weighted by Crippen LogP contribution is 2.40. The lowest BCUT2D eigenvalue weighted by molar-refractivity contribution is -0.137. The summed E-state index contributed by atoms with van der Waals surface area (Å²) in [5, 5.41) is 13.9. The molecule has 0 aliphatic carbocycles. The number of carbonyl (C=O) groups is 2. The predicted octanol–water partition coefficient (Wildman–Crippen LogP) is 5.56. The van der Waals surface area contributed by atoms with Crippen molar-refractivity contribution in [3.63, 3.8) is 0 Å². The molecule has 11 heteroatoms. The molecule has 1 atom stereocenters. The van der Waals surface area contributed by atoms with Crippen LogP contribution in [0.15, 0.2) is 60.7 Å². The van der Waals surface area contributed by atoms with Crippen LogP contribution in [0.5, 0.6) is 0 Å². The van der Waals surface area contributed by atoms with Crippen LogP contribution < -0.4 is 20.4 Å². The minimum Gasteiger partial charge on any atom is -0.465 e. The molecule has 3 amide bonds. The van der Waals surface area contributed by atoms with Gasteiger partial charge >= 0.3 is 18.3 Å². The van der Waals surface area contributed by atoms with Crippen LogP contribution >= 0.6 is 0 Å². The van der Waals surface area contributed by atoms with E-state index in [0.29, 0.717) is 29.3 Å². The van der Waals surface area contributed by atoms with Crippen LogP contribution in [0.3, 0.4) is 0 Å². The van der Waals surface area contributed by atoms with Crippen molar-refractivity contribution in [1.82, 2.24) is 10.3 Å².